The highest BCUT2D eigenvalue weighted by molar-refractivity contribution is 5.18. The van der Waals surface area contributed by atoms with Crippen LogP contribution in [-0.2, 0) is 4.74 Å². The predicted molar refractivity (Wildman–Crippen MR) is 73.1 cm³/mol. The summed E-state index contributed by atoms with van der Waals surface area (Å²) in [5.41, 5.74) is 1.29. The van der Waals surface area contributed by atoms with E-state index in [4.69, 9.17) is 4.74 Å². The molecule has 2 nitrogen and oxygen atoms in total. The minimum atomic E-state index is 0.296. The monoisotopic (exact) mass is 235 g/mol. The molecule has 0 spiro atoms. The van der Waals surface area contributed by atoms with Gasteiger partial charge in [0, 0.05) is 6.61 Å². The Bertz CT molecular complexity index is 286. The number of hydrogen-bond donors (Lipinski definition) is 1. The Morgan fingerprint density at radius 1 is 1.18 bits per heavy atom. The summed E-state index contributed by atoms with van der Waals surface area (Å²) in [5, 5.41) is 3.30. The Balaban J connectivity index is 2.33. The van der Waals surface area contributed by atoms with Crippen molar-refractivity contribution in [3.05, 3.63) is 35.9 Å². The number of benzene rings is 1. The Kier molecular flexibility index (Phi) is 6.90. The third-order valence-electron chi connectivity index (χ3n) is 3.02. The summed E-state index contributed by atoms with van der Waals surface area (Å²) in [5.74, 6) is 0.660. The third-order valence-corrected chi connectivity index (χ3v) is 3.02. The fourth-order valence-corrected chi connectivity index (χ4v) is 1.99. The van der Waals surface area contributed by atoms with E-state index in [9.17, 15) is 0 Å². The molecule has 1 rings (SSSR count). The van der Waals surface area contributed by atoms with Crippen LogP contribution in [0.1, 0.15) is 38.3 Å². The molecule has 2 atom stereocenters. The Labute approximate surface area is 105 Å². The van der Waals surface area contributed by atoms with Gasteiger partial charge in [0.15, 0.2) is 0 Å². The first-order valence-corrected chi connectivity index (χ1v) is 6.57. The molecule has 1 N–H and O–H groups in total. The van der Waals surface area contributed by atoms with E-state index >= 15 is 0 Å². The average molecular weight is 235 g/mol. The van der Waals surface area contributed by atoms with Crippen LogP contribution in [0.5, 0.6) is 0 Å². The summed E-state index contributed by atoms with van der Waals surface area (Å²) in [6.45, 7) is 6.07. The highest BCUT2D eigenvalue weighted by Gasteiger charge is 2.09. The molecule has 1 aromatic rings. The molecule has 0 amide bonds. The van der Waals surface area contributed by atoms with E-state index in [-0.39, 0.29) is 0 Å². The van der Waals surface area contributed by atoms with Gasteiger partial charge in [0.05, 0.1) is 12.6 Å². The highest BCUT2D eigenvalue weighted by atomic mass is 16.5. The minimum Gasteiger partial charge on any atom is -0.379 e. The Morgan fingerprint density at radius 3 is 2.47 bits per heavy atom. The van der Waals surface area contributed by atoms with E-state index in [1.165, 1.54) is 18.4 Å². The molecular formula is C15H25NO. The predicted octanol–water partition coefficient (Wildman–Crippen LogP) is 3.40. The first kappa shape index (κ1) is 14.2. The number of rotatable bonds is 8. The molecule has 0 aromatic heterocycles. The summed E-state index contributed by atoms with van der Waals surface area (Å²) in [6.07, 6.45) is 2.48. The van der Waals surface area contributed by atoms with Crippen molar-refractivity contribution in [2.45, 2.75) is 32.7 Å². The second-order valence-electron chi connectivity index (χ2n) is 4.68. The van der Waals surface area contributed by atoms with E-state index < -0.39 is 0 Å². The quantitative estimate of drug-likeness (QED) is 0.745. The van der Waals surface area contributed by atoms with Gasteiger partial charge in [-0.25, -0.2) is 0 Å². The van der Waals surface area contributed by atoms with Crippen molar-refractivity contribution in [1.29, 1.82) is 0 Å². The fraction of sp³-hybridized carbons (Fsp3) is 0.600. The van der Waals surface area contributed by atoms with Gasteiger partial charge in [0.1, 0.15) is 0 Å². The van der Waals surface area contributed by atoms with Gasteiger partial charge >= 0.3 is 0 Å². The maximum absolute atomic E-state index is 5.79. The molecule has 0 aliphatic rings. The van der Waals surface area contributed by atoms with Crippen LogP contribution in [0.25, 0.3) is 0 Å². The number of ether oxygens (including phenoxy) is 1. The lowest BCUT2D eigenvalue weighted by atomic mass is 10.1. The lowest BCUT2D eigenvalue weighted by Gasteiger charge is -2.18. The molecular weight excluding hydrogens is 210 g/mol. The van der Waals surface area contributed by atoms with E-state index in [0.29, 0.717) is 12.0 Å². The van der Waals surface area contributed by atoms with Gasteiger partial charge in [0.25, 0.3) is 0 Å². The van der Waals surface area contributed by atoms with Crippen molar-refractivity contribution in [1.82, 2.24) is 5.32 Å². The highest BCUT2D eigenvalue weighted by Crippen LogP contribution is 2.13. The molecule has 0 bridgehead atoms. The topological polar surface area (TPSA) is 21.3 Å². The maximum Gasteiger partial charge on any atom is 0.0661 e. The fourth-order valence-electron chi connectivity index (χ4n) is 1.99. The number of likely N-dealkylation sites (N-methyl/N-ethyl adjacent to an activating group) is 1. The van der Waals surface area contributed by atoms with Crippen LogP contribution < -0.4 is 5.32 Å². The third kappa shape index (κ3) is 5.33. The molecule has 0 saturated heterocycles. The second kappa shape index (κ2) is 8.26. The van der Waals surface area contributed by atoms with Crippen molar-refractivity contribution in [3.8, 4) is 0 Å². The summed E-state index contributed by atoms with van der Waals surface area (Å²) in [7, 11) is 1.98. The molecule has 0 heterocycles. The molecule has 0 aliphatic heterocycles. The van der Waals surface area contributed by atoms with Crippen LogP contribution in [0.4, 0.5) is 0 Å². The van der Waals surface area contributed by atoms with Crippen LogP contribution in [-0.4, -0.2) is 20.3 Å². The zero-order valence-corrected chi connectivity index (χ0v) is 11.3. The van der Waals surface area contributed by atoms with Gasteiger partial charge in [-0.2, -0.15) is 0 Å². The Hall–Kier alpha value is -0.860. The summed E-state index contributed by atoms with van der Waals surface area (Å²) in [4.78, 5) is 0. The van der Waals surface area contributed by atoms with Crippen molar-refractivity contribution in [2.75, 3.05) is 20.3 Å². The molecule has 2 heteroatoms. The summed E-state index contributed by atoms with van der Waals surface area (Å²) < 4.78 is 5.79. The maximum atomic E-state index is 5.79. The van der Waals surface area contributed by atoms with Gasteiger partial charge in [-0.1, -0.05) is 50.6 Å². The van der Waals surface area contributed by atoms with Gasteiger partial charge in [-0.05, 0) is 24.9 Å². The lowest BCUT2D eigenvalue weighted by Crippen LogP contribution is -2.23. The van der Waals surface area contributed by atoms with E-state index in [2.05, 4.69) is 43.4 Å². The van der Waals surface area contributed by atoms with Crippen LogP contribution in [0, 0.1) is 5.92 Å². The van der Waals surface area contributed by atoms with Crippen LogP contribution in [0.2, 0.25) is 0 Å². The van der Waals surface area contributed by atoms with Crippen molar-refractivity contribution >= 4 is 0 Å². The summed E-state index contributed by atoms with van der Waals surface area (Å²) in [6, 6.07) is 10.8. The van der Waals surface area contributed by atoms with Crippen LogP contribution in [0.15, 0.2) is 30.3 Å². The smallest absolute Gasteiger partial charge is 0.0661 e. The molecule has 1 aromatic carbocycles. The van der Waals surface area contributed by atoms with Crippen LogP contribution in [0.3, 0.4) is 0 Å². The molecule has 0 aliphatic carbocycles. The van der Waals surface area contributed by atoms with Crippen LogP contribution >= 0.6 is 0 Å². The van der Waals surface area contributed by atoms with E-state index in [1.54, 1.807) is 0 Å². The first-order chi connectivity index (χ1) is 8.27. The lowest BCUT2D eigenvalue weighted by molar-refractivity contribution is 0.0849. The normalized spacial score (nSPS) is 14.5. The van der Waals surface area contributed by atoms with Crippen molar-refractivity contribution < 1.29 is 4.74 Å². The SMILES string of the molecule is CCCC(C)COCC(NC)c1ccccc1. The van der Waals surface area contributed by atoms with Gasteiger partial charge < -0.3 is 10.1 Å². The van der Waals surface area contributed by atoms with Gasteiger partial charge in [-0.3, -0.25) is 0 Å². The first-order valence-electron chi connectivity index (χ1n) is 6.57. The van der Waals surface area contributed by atoms with Gasteiger partial charge in [0.2, 0.25) is 0 Å². The largest absolute Gasteiger partial charge is 0.379 e. The summed E-state index contributed by atoms with van der Waals surface area (Å²) >= 11 is 0. The molecule has 2 unspecified atom stereocenters. The van der Waals surface area contributed by atoms with E-state index in [1.807, 2.05) is 13.1 Å². The zero-order chi connectivity index (χ0) is 12.5. The number of nitrogens with one attached hydrogen (secondary N) is 1. The molecule has 0 fully saturated rings. The zero-order valence-electron chi connectivity index (χ0n) is 11.3. The standard InChI is InChI=1S/C15H25NO/c1-4-8-13(2)11-17-12-15(16-3)14-9-6-5-7-10-14/h5-7,9-10,13,15-16H,4,8,11-12H2,1-3H3. The molecule has 17 heavy (non-hydrogen) atoms. The minimum absolute atomic E-state index is 0.296. The average Bonchev–Trinajstić information content (AvgIpc) is 2.36. The van der Waals surface area contributed by atoms with E-state index in [0.717, 1.165) is 13.2 Å². The molecule has 0 saturated carbocycles. The van der Waals surface area contributed by atoms with Crippen molar-refractivity contribution in [2.24, 2.45) is 5.92 Å². The Morgan fingerprint density at radius 2 is 1.88 bits per heavy atom. The molecule has 0 radical (unpaired) electrons. The van der Waals surface area contributed by atoms with Crippen molar-refractivity contribution in [3.63, 3.8) is 0 Å². The molecule has 96 valence electrons. The number of hydrogen-bond acceptors (Lipinski definition) is 2. The van der Waals surface area contributed by atoms with Gasteiger partial charge in [-0.15, -0.1) is 0 Å². The second-order valence-corrected chi connectivity index (χ2v) is 4.68.